The van der Waals surface area contributed by atoms with Gasteiger partial charge in [0.15, 0.2) is 0 Å². The first-order chi connectivity index (χ1) is 17.3. The van der Waals surface area contributed by atoms with Crippen LogP contribution < -0.4 is 10.9 Å². The maximum absolute atomic E-state index is 13.2. The van der Waals surface area contributed by atoms with Gasteiger partial charge >= 0.3 is 0 Å². The van der Waals surface area contributed by atoms with Crippen molar-refractivity contribution in [2.24, 2.45) is 0 Å². The highest BCUT2D eigenvalue weighted by Gasteiger charge is 2.15. The summed E-state index contributed by atoms with van der Waals surface area (Å²) in [7, 11) is 4.11. The van der Waals surface area contributed by atoms with Crippen molar-refractivity contribution in [2.45, 2.75) is 33.4 Å². The van der Waals surface area contributed by atoms with Gasteiger partial charge in [-0.25, -0.2) is 0 Å². The molecule has 36 heavy (non-hydrogen) atoms. The van der Waals surface area contributed by atoms with E-state index < -0.39 is 0 Å². The minimum absolute atomic E-state index is 0.146. The lowest BCUT2D eigenvalue weighted by Crippen LogP contribution is -2.28. The van der Waals surface area contributed by atoms with Gasteiger partial charge < -0.3 is 19.9 Å². The number of pyridine rings is 1. The third-order valence-corrected chi connectivity index (χ3v) is 6.17. The van der Waals surface area contributed by atoms with Crippen LogP contribution in [-0.4, -0.2) is 53.2 Å². The number of ether oxygens (including phenoxy) is 1. The second kappa shape index (κ2) is 11.3. The van der Waals surface area contributed by atoms with Crippen LogP contribution in [0.1, 0.15) is 39.2 Å². The van der Waals surface area contributed by atoms with Crippen molar-refractivity contribution in [3.63, 3.8) is 0 Å². The number of aryl methyl sites for hydroxylation is 2. The van der Waals surface area contributed by atoms with Gasteiger partial charge in [0.25, 0.3) is 11.5 Å². The number of rotatable bonds is 10. The van der Waals surface area contributed by atoms with Crippen LogP contribution in [0, 0.1) is 13.8 Å². The highest BCUT2D eigenvalue weighted by Crippen LogP contribution is 2.27. The molecule has 4 aromatic rings. The molecule has 0 saturated carbocycles. The standard InChI is InChI=1S/C28H33N5O3/c1-18-12-19(2)31-28(35)24(18)15-29-27(34)23-13-22(14-26-25(23)16-30-32-26)21-8-6-20(7-9-21)17-36-11-5-10-33(3)4/h6-9,12-14,16H,5,10-11,15,17H2,1-4H3,(H,29,34)(H,30,32)(H,31,35). The van der Waals surface area contributed by atoms with E-state index in [1.165, 1.54) is 0 Å². The van der Waals surface area contributed by atoms with Gasteiger partial charge in [0.1, 0.15) is 0 Å². The fourth-order valence-corrected chi connectivity index (χ4v) is 4.24. The number of carbonyl (C=O) groups is 1. The molecule has 1 amide bonds. The zero-order valence-corrected chi connectivity index (χ0v) is 21.3. The summed E-state index contributed by atoms with van der Waals surface area (Å²) in [6.07, 6.45) is 2.65. The van der Waals surface area contributed by atoms with Crippen molar-refractivity contribution in [3.05, 3.63) is 87.0 Å². The lowest BCUT2D eigenvalue weighted by atomic mass is 9.99. The van der Waals surface area contributed by atoms with Crippen molar-refractivity contribution >= 4 is 16.8 Å². The first-order valence-corrected chi connectivity index (χ1v) is 12.1. The molecule has 0 unspecified atom stereocenters. The molecule has 0 spiro atoms. The number of benzene rings is 2. The Morgan fingerprint density at radius 1 is 1.08 bits per heavy atom. The number of hydrogen-bond acceptors (Lipinski definition) is 5. The van der Waals surface area contributed by atoms with Crippen molar-refractivity contribution in [2.75, 3.05) is 27.2 Å². The summed E-state index contributed by atoms with van der Waals surface area (Å²) in [5.74, 6) is -0.259. The third kappa shape index (κ3) is 6.08. The maximum atomic E-state index is 13.2. The monoisotopic (exact) mass is 487 g/mol. The second-order valence-corrected chi connectivity index (χ2v) is 9.39. The highest BCUT2D eigenvalue weighted by atomic mass is 16.5. The number of carbonyl (C=O) groups excluding carboxylic acids is 1. The molecule has 0 radical (unpaired) electrons. The number of hydrogen-bond donors (Lipinski definition) is 3. The largest absolute Gasteiger partial charge is 0.377 e. The van der Waals surface area contributed by atoms with Crippen molar-refractivity contribution < 1.29 is 9.53 Å². The van der Waals surface area contributed by atoms with Crippen LogP contribution >= 0.6 is 0 Å². The first kappa shape index (κ1) is 25.3. The molecule has 2 aromatic carbocycles. The molecule has 8 nitrogen and oxygen atoms in total. The number of nitrogens with one attached hydrogen (secondary N) is 3. The van der Waals surface area contributed by atoms with E-state index in [4.69, 9.17) is 4.74 Å². The van der Waals surface area contributed by atoms with Gasteiger partial charge in [0.05, 0.1) is 23.9 Å². The lowest BCUT2D eigenvalue weighted by Gasteiger charge is -2.11. The molecular formula is C28H33N5O3. The van der Waals surface area contributed by atoms with E-state index in [1.807, 2.05) is 56.3 Å². The Labute approximate surface area is 210 Å². The molecule has 3 N–H and O–H groups in total. The molecule has 188 valence electrons. The van der Waals surface area contributed by atoms with Gasteiger partial charge in [-0.1, -0.05) is 24.3 Å². The van der Waals surface area contributed by atoms with Crippen molar-refractivity contribution in [3.8, 4) is 11.1 Å². The van der Waals surface area contributed by atoms with Crippen LogP contribution in [0.5, 0.6) is 0 Å². The molecule has 0 atom stereocenters. The second-order valence-electron chi connectivity index (χ2n) is 9.39. The number of fused-ring (bicyclic) bond motifs is 1. The molecule has 0 fully saturated rings. The third-order valence-electron chi connectivity index (χ3n) is 6.17. The van der Waals surface area contributed by atoms with E-state index in [-0.39, 0.29) is 18.0 Å². The minimum atomic E-state index is -0.259. The molecule has 0 aliphatic heterocycles. The Morgan fingerprint density at radius 3 is 2.58 bits per heavy atom. The number of nitrogens with zero attached hydrogens (tertiary/aromatic N) is 2. The SMILES string of the molecule is Cc1cc(C)c(CNC(=O)c2cc(-c3ccc(COCCCN(C)C)cc3)cc3[nH]ncc23)c(=O)[nH]1. The van der Waals surface area contributed by atoms with Gasteiger partial charge in [-0.2, -0.15) is 5.10 Å². The first-order valence-electron chi connectivity index (χ1n) is 12.1. The van der Waals surface area contributed by atoms with E-state index in [9.17, 15) is 9.59 Å². The van der Waals surface area contributed by atoms with Crippen LogP contribution in [0.3, 0.4) is 0 Å². The van der Waals surface area contributed by atoms with E-state index in [0.717, 1.165) is 58.4 Å². The highest BCUT2D eigenvalue weighted by molar-refractivity contribution is 6.07. The van der Waals surface area contributed by atoms with Gasteiger partial charge in [-0.15, -0.1) is 0 Å². The number of H-pyrrole nitrogens is 2. The summed E-state index contributed by atoms with van der Waals surface area (Å²) in [5.41, 5.74) is 6.28. The lowest BCUT2D eigenvalue weighted by molar-refractivity contribution is 0.0952. The Bertz CT molecular complexity index is 1400. The molecule has 2 heterocycles. The average molecular weight is 488 g/mol. The molecule has 0 aliphatic rings. The molecule has 0 bridgehead atoms. The van der Waals surface area contributed by atoms with Crippen molar-refractivity contribution in [1.82, 2.24) is 25.4 Å². The van der Waals surface area contributed by atoms with Crippen LogP contribution in [0.2, 0.25) is 0 Å². The van der Waals surface area contributed by atoms with Gasteiger partial charge in [-0.05, 0) is 81.4 Å². The molecule has 2 aromatic heterocycles. The molecule has 0 saturated heterocycles. The average Bonchev–Trinajstić information content (AvgIpc) is 3.31. The van der Waals surface area contributed by atoms with Gasteiger partial charge in [0, 0.05) is 29.8 Å². The van der Waals surface area contributed by atoms with Crippen LogP contribution in [0.25, 0.3) is 22.0 Å². The van der Waals surface area contributed by atoms with Gasteiger partial charge in [0.2, 0.25) is 0 Å². The fourth-order valence-electron chi connectivity index (χ4n) is 4.24. The summed E-state index contributed by atoms with van der Waals surface area (Å²) in [6.45, 7) is 6.15. The van der Waals surface area contributed by atoms with Gasteiger partial charge in [-0.3, -0.25) is 14.7 Å². The summed E-state index contributed by atoms with van der Waals surface area (Å²) in [4.78, 5) is 30.5. The molecule has 0 aliphatic carbocycles. The summed E-state index contributed by atoms with van der Waals surface area (Å²) >= 11 is 0. The number of aromatic nitrogens is 3. The fraction of sp³-hybridized carbons (Fsp3) is 0.321. The Hall–Kier alpha value is -3.75. The number of amides is 1. The summed E-state index contributed by atoms with van der Waals surface area (Å²) in [6, 6.07) is 13.9. The summed E-state index contributed by atoms with van der Waals surface area (Å²) < 4.78 is 5.78. The predicted molar refractivity (Wildman–Crippen MR) is 142 cm³/mol. The van der Waals surface area contributed by atoms with Crippen molar-refractivity contribution in [1.29, 1.82) is 0 Å². The molecule has 8 heteroatoms. The maximum Gasteiger partial charge on any atom is 0.253 e. The Balaban J connectivity index is 1.49. The normalized spacial score (nSPS) is 11.4. The van der Waals surface area contributed by atoms with Crippen LogP contribution in [0.15, 0.2) is 53.5 Å². The Kier molecular flexibility index (Phi) is 7.97. The smallest absolute Gasteiger partial charge is 0.253 e. The molecular weight excluding hydrogens is 454 g/mol. The topological polar surface area (TPSA) is 103 Å². The van der Waals surface area contributed by atoms with E-state index in [1.54, 1.807) is 6.20 Å². The zero-order chi connectivity index (χ0) is 25.7. The van der Waals surface area contributed by atoms with E-state index in [0.29, 0.717) is 17.7 Å². The van der Waals surface area contributed by atoms with Crippen LogP contribution in [0.4, 0.5) is 0 Å². The predicted octanol–water partition coefficient (Wildman–Crippen LogP) is 3.93. The zero-order valence-electron chi connectivity index (χ0n) is 21.3. The quantitative estimate of drug-likeness (QED) is 0.294. The number of aromatic amines is 2. The minimum Gasteiger partial charge on any atom is -0.377 e. The summed E-state index contributed by atoms with van der Waals surface area (Å²) in [5, 5.41) is 10.7. The van der Waals surface area contributed by atoms with E-state index >= 15 is 0 Å². The Morgan fingerprint density at radius 2 is 1.86 bits per heavy atom. The molecule has 4 rings (SSSR count). The van der Waals surface area contributed by atoms with Crippen LogP contribution in [-0.2, 0) is 17.9 Å². The van der Waals surface area contributed by atoms with E-state index in [2.05, 4.69) is 39.5 Å².